The largest absolute Gasteiger partial charge is 0.381 e. The van der Waals surface area contributed by atoms with Gasteiger partial charge < -0.3 is 5.32 Å². The highest BCUT2D eigenvalue weighted by molar-refractivity contribution is 5.45. The van der Waals surface area contributed by atoms with Crippen molar-refractivity contribution >= 4 is 5.69 Å². The van der Waals surface area contributed by atoms with Crippen molar-refractivity contribution in [1.29, 1.82) is 0 Å². The fourth-order valence-electron chi connectivity index (χ4n) is 2.14. The second-order valence-corrected chi connectivity index (χ2v) is 5.63. The van der Waals surface area contributed by atoms with Gasteiger partial charge in [0.25, 0.3) is 0 Å². The molecule has 0 fully saturated rings. The van der Waals surface area contributed by atoms with Gasteiger partial charge in [0.05, 0.1) is 0 Å². The maximum atomic E-state index is 3.45. The van der Waals surface area contributed by atoms with Crippen LogP contribution in [0, 0.1) is 12.8 Å². The molecule has 2 aromatic carbocycles. The third kappa shape index (κ3) is 4.44. The molecule has 19 heavy (non-hydrogen) atoms. The maximum Gasteiger partial charge on any atom is 0.0400 e. The highest BCUT2D eigenvalue weighted by Crippen LogP contribution is 2.13. The zero-order valence-electron chi connectivity index (χ0n) is 12.1. The summed E-state index contributed by atoms with van der Waals surface area (Å²) < 4.78 is 0. The van der Waals surface area contributed by atoms with Crippen molar-refractivity contribution in [3.63, 3.8) is 0 Å². The van der Waals surface area contributed by atoms with Gasteiger partial charge in [0.2, 0.25) is 0 Å². The molecule has 0 spiro atoms. The Morgan fingerprint density at radius 2 is 1.42 bits per heavy atom. The fraction of sp³-hybridized carbons (Fsp3) is 0.333. The minimum atomic E-state index is 0.719. The van der Waals surface area contributed by atoms with Gasteiger partial charge in [-0.25, -0.2) is 0 Å². The number of aryl methyl sites for hydroxylation is 1. The Labute approximate surface area is 116 Å². The minimum Gasteiger partial charge on any atom is -0.381 e. The molecular formula is C18H23N. The van der Waals surface area contributed by atoms with E-state index in [-0.39, 0.29) is 0 Å². The molecule has 0 atom stereocenters. The van der Waals surface area contributed by atoms with Crippen LogP contribution in [-0.2, 0) is 13.0 Å². The van der Waals surface area contributed by atoms with Crippen LogP contribution in [0.25, 0.3) is 0 Å². The minimum absolute atomic E-state index is 0.719. The molecular weight excluding hydrogens is 230 g/mol. The van der Waals surface area contributed by atoms with Gasteiger partial charge in [0, 0.05) is 12.2 Å². The zero-order chi connectivity index (χ0) is 13.7. The average Bonchev–Trinajstić information content (AvgIpc) is 2.39. The van der Waals surface area contributed by atoms with Crippen molar-refractivity contribution in [2.75, 3.05) is 5.32 Å². The lowest BCUT2D eigenvalue weighted by molar-refractivity contribution is 0.647. The molecule has 0 amide bonds. The van der Waals surface area contributed by atoms with Crippen LogP contribution >= 0.6 is 0 Å². The molecule has 0 bridgehead atoms. The van der Waals surface area contributed by atoms with Crippen molar-refractivity contribution in [2.24, 2.45) is 5.92 Å². The van der Waals surface area contributed by atoms with E-state index in [1.54, 1.807) is 0 Å². The molecule has 2 aromatic rings. The molecule has 0 unspecified atom stereocenters. The van der Waals surface area contributed by atoms with Gasteiger partial charge in [0.15, 0.2) is 0 Å². The molecule has 0 aromatic heterocycles. The molecule has 0 saturated heterocycles. The van der Waals surface area contributed by atoms with Crippen LogP contribution in [0.5, 0.6) is 0 Å². The number of benzene rings is 2. The van der Waals surface area contributed by atoms with Crippen LogP contribution in [0.15, 0.2) is 48.5 Å². The van der Waals surface area contributed by atoms with E-state index in [2.05, 4.69) is 74.6 Å². The predicted molar refractivity (Wildman–Crippen MR) is 83.5 cm³/mol. The standard InChI is InChI=1S/C18H23N/c1-14(2)12-16-6-8-17(9-7-16)13-19-18-10-4-15(3)5-11-18/h4-11,14,19H,12-13H2,1-3H3. The van der Waals surface area contributed by atoms with Crippen LogP contribution in [0.2, 0.25) is 0 Å². The molecule has 0 saturated carbocycles. The van der Waals surface area contributed by atoms with Crippen LogP contribution in [0.1, 0.15) is 30.5 Å². The summed E-state index contributed by atoms with van der Waals surface area (Å²) in [5, 5.41) is 3.45. The quantitative estimate of drug-likeness (QED) is 0.806. The summed E-state index contributed by atoms with van der Waals surface area (Å²) >= 11 is 0. The van der Waals surface area contributed by atoms with Crippen LogP contribution in [0.4, 0.5) is 5.69 Å². The number of hydrogen-bond acceptors (Lipinski definition) is 1. The van der Waals surface area contributed by atoms with Crippen molar-refractivity contribution in [3.8, 4) is 0 Å². The Hall–Kier alpha value is -1.76. The van der Waals surface area contributed by atoms with E-state index in [0.29, 0.717) is 0 Å². The van der Waals surface area contributed by atoms with E-state index >= 15 is 0 Å². The van der Waals surface area contributed by atoms with Crippen molar-refractivity contribution in [1.82, 2.24) is 0 Å². The van der Waals surface area contributed by atoms with Gasteiger partial charge in [-0.15, -0.1) is 0 Å². The molecule has 2 rings (SSSR count). The van der Waals surface area contributed by atoms with Gasteiger partial charge >= 0.3 is 0 Å². The van der Waals surface area contributed by atoms with Gasteiger partial charge in [-0.05, 0) is 42.5 Å². The molecule has 0 radical (unpaired) electrons. The summed E-state index contributed by atoms with van der Waals surface area (Å²) in [4.78, 5) is 0. The normalized spacial score (nSPS) is 10.7. The van der Waals surface area contributed by atoms with Crippen LogP contribution in [0.3, 0.4) is 0 Å². The van der Waals surface area contributed by atoms with Gasteiger partial charge in [0.1, 0.15) is 0 Å². The summed E-state index contributed by atoms with van der Waals surface area (Å²) in [7, 11) is 0. The lowest BCUT2D eigenvalue weighted by Gasteiger charge is -2.09. The van der Waals surface area contributed by atoms with E-state index in [1.165, 1.54) is 22.4 Å². The number of nitrogens with one attached hydrogen (secondary N) is 1. The van der Waals surface area contributed by atoms with Crippen LogP contribution in [-0.4, -0.2) is 0 Å². The fourth-order valence-corrected chi connectivity index (χ4v) is 2.14. The molecule has 1 nitrogen and oxygen atoms in total. The van der Waals surface area contributed by atoms with Crippen molar-refractivity contribution < 1.29 is 0 Å². The second-order valence-electron chi connectivity index (χ2n) is 5.63. The molecule has 1 N–H and O–H groups in total. The Balaban J connectivity index is 1.91. The first kappa shape index (κ1) is 13.7. The average molecular weight is 253 g/mol. The third-order valence-electron chi connectivity index (χ3n) is 3.22. The van der Waals surface area contributed by atoms with Gasteiger partial charge in [-0.2, -0.15) is 0 Å². The molecule has 100 valence electrons. The summed E-state index contributed by atoms with van der Waals surface area (Å²) in [5.41, 5.74) is 5.22. The summed E-state index contributed by atoms with van der Waals surface area (Å²) in [5.74, 6) is 0.719. The predicted octanol–water partition coefficient (Wildman–Crippen LogP) is 4.81. The molecule has 0 heterocycles. The Morgan fingerprint density at radius 1 is 0.842 bits per heavy atom. The second kappa shape index (κ2) is 6.42. The van der Waals surface area contributed by atoms with Gasteiger partial charge in [-0.3, -0.25) is 0 Å². The highest BCUT2D eigenvalue weighted by Gasteiger charge is 1.98. The molecule has 0 aliphatic carbocycles. The van der Waals surface area contributed by atoms with E-state index in [0.717, 1.165) is 18.9 Å². The lowest BCUT2D eigenvalue weighted by atomic mass is 10.0. The molecule has 1 heteroatoms. The smallest absolute Gasteiger partial charge is 0.0400 e. The summed E-state index contributed by atoms with van der Waals surface area (Å²) in [6.45, 7) is 7.50. The van der Waals surface area contributed by atoms with Gasteiger partial charge in [-0.1, -0.05) is 55.8 Å². The first-order valence-corrected chi connectivity index (χ1v) is 7.02. The summed E-state index contributed by atoms with van der Waals surface area (Å²) in [6, 6.07) is 17.4. The topological polar surface area (TPSA) is 12.0 Å². The van der Waals surface area contributed by atoms with Crippen molar-refractivity contribution in [3.05, 3.63) is 65.2 Å². The SMILES string of the molecule is Cc1ccc(NCc2ccc(CC(C)C)cc2)cc1. The monoisotopic (exact) mass is 253 g/mol. The van der Waals surface area contributed by atoms with E-state index in [1.807, 2.05) is 0 Å². The first-order chi connectivity index (χ1) is 9.13. The zero-order valence-corrected chi connectivity index (χ0v) is 12.1. The maximum absolute atomic E-state index is 3.45. The molecule has 0 aliphatic rings. The Bertz CT molecular complexity index is 494. The Kier molecular flexibility index (Phi) is 4.62. The number of hydrogen-bond donors (Lipinski definition) is 1. The lowest BCUT2D eigenvalue weighted by Crippen LogP contribution is -2.00. The van der Waals surface area contributed by atoms with E-state index in [9.17, 15) is 0 Å². The third-order valence-corrected chi connectivity index (χ3v) is 3.22. The highest BCUT2D eigenvalue weighted by atomic mass is 14.9. The van der Waals surface area contributed by atoms with E-state index in [4.69, 9.17) is 0 Å². The number of anilines is 1. The molecule has 0 aliphatic heterocycles. The number of rotatable bonds is 5. The van der Waals surface area contributed by atoms with E-state index < -0.39 is 0 Å². The summed E-state index contributed by atoms with van der Waals surface area (Å²) in [6.07, 6.45) is 1.16. The van der Waals surface area contributed by atoms with Crippen LogP contribution < -0.4 is 5.32 Å². The van der Waals surface area contributed by atoms with Crippen molar-refractivity contribution in [2.45, 2.75) is 33.7 Å². The Morgan fingerprint density at radius 3 is 2.00 bits per heavy atom. The first-order valence-electron chi connectivity index (χ1n) is 7.02.